The van der Waals surface area contributed by atoms with E-state index in [1.807, 2.05) is 0 Å². The molecule has 4 N–H and O–H groups in total. The molecule has 1 fully saturated rings. The van der Waals surface area contributed by atoms with Crippen molar-refractivity contribution in [3.8, 4) is 0 Å². The topological polar surface area (TPSA) is 75.4 Å². The first-order valence-corrected chi connectivity index (χ1v) is 5.34. The monoisotopic (exact) mass is 200 g/mol. The van der Waals surface area contributed by atoms with Crippen molar-refractivity contribution >= 4 is 5.91 Å². The van der Waals surface area contributed by atoms with Crippen LogP contribution in [0.1, 0.15) is 38.5 Å². The van der Waals surface area contributed by atoms with Crippen molar-refractivity contribution in [3.63, 3.8) is 0 Å². The Hall–Kier alpha value is -0.610. The zero-order valence-electron chi connectivity index (χ0n) is 8.59. The largest absolute Gasteiger partial charge is 0.394 e. The third-order valence-corrected chi connectivity index (χ3v) is 2.88. The summed E-state index contributed by atoms with van der Waals surface area (Å²) in [4.78, 5) is 11.4. The Morgan fingerprint density at radius 3 is 2.57 bits per heavy atom. The number of rotatable bonds is 6. The van der Waals surface area contributed by atoms with E-state index < -0.39 is 0 Å². The number of amides is 1. The maximum Gasteiger partial charge on any atom is 0.220 e. The minimum atomic E-state index is -0.292. The molecule has 0 atom stereocenters. The minimum absolute atomic E-state index is 0.0483. The summed E-state index contributed by atoms with van der Waals surface area (Å²) in [6, 6.07) is 0. The molecule has 4 nitrogen and oxygen atoms in total. The first-order chi connectivity index (χ1) is 6.72. The molecule has 0 spiro atoms. The highest BCUT2D eigenvalue weighted by molar-refractivity contribution is 5.76. The summed E-state index contributed by atoms with van der Waals surface area (Å²) in [5.41, 5.74) is 5.04. The maximum atomic E-state index is 11.4. The van der Waals surface area contributed by atoms with Gasteiger partial charge >= 0.3 is 0 Å². The Balaban J connectivity index is 2.18. The van der Waals surface area contributed by atoms with Crippen LogP contribution in [0.5, 0.6) is 0 Å². The van der Waals surface area contributed by atoms with Crippen molar-refractivity contribution in [3.05, 3.63) is 0 Å². The fourth-order valence-corrected chi connectivity index (χ4v) is 1.71. The minimum Gasteiger partial charge on any atom is -0.394 e. The molecule has 1 aliphatic carbocycles. The van der Waals surface area contributed by atoms with E-state index in [1.54, 1.807) is 0 Å². The third-order valence-electron chi connectivity index (χ3n) is 2.88. The molecule has 0 aromatic carbocycles. The summed E-state index contributed by atoms with van der Waals surface area (Å²) < 4.78 is 0. The number of carbonyl (C=O) groups is 1. The van der Waals surface area contributed by atoms with E-state index in [1.165, 1.54) is 0 Å². The molecule has 0 aromatic heterocycles. The smallest absolute Gasteiger partial charge is 0.220 e. The summed E-state index contributed by atoms with van der Waals surface area (Å²) in [5, 5.41) is 12.0. The van der Waals surface area contributed by atoms with Gasteiger partial charge in [0.05, 0.1) is 12.1 Å². The van der Waals surface area contributed by atoms with Gasteiger partial charge in [-0.05, 0) is 38.6 Å². The fraction of sp³-hybridized carbons (Fsp3) is 0.900. The third kappa shape index (κ3) is 2.96. The average Bonchev–Trinajstić information content (AvgIpc) is 2.12. The molecular weight excluding hydrogens is 180 g/mol. The van der Waals surface area contributed by atoms with Crippen LogP contribution in [0.4, 0.5) is 0 Å². The highest BCUT2D eigenvalue weighted by Gasteiger charge is 2.37. The lowest BCUT2D eigenvalue weighted by molar-refractivity contribution is -0.125. The highest BCUT2D eigenvalue weighted by Crippen LogP contribution is 2.31. The van der Waals surface area contributed by atoms with Crippen LogP contribution < -0.4 is 11.1 Å². The second kappa shape index (κ2) is 5.32. The standard InChI is InChI=1S/C10H20N2O2/c11-7-2-1-4-9(14)12-10(8-13)5-3-6-10/h13H,1-8,11H2,(H,12,14). The van der Waals surface area contributed by atoms with Crippen molar-refractivity contribution in [2.24, 2.45) is 5.73 Å². The van der Waals surface area contributed by atoms with Gasteiger partial charge in [-0.1, -0.05) is 0 Å². The lowest BCUT2D eigenvalue weighted by Gasteiger charge is -2.41. The summed E-state index contributed by atoms with van der Waals surface area (Å²) >= 11 is 0. The molecule has 0 bridgehead atoms. The number of carbonyl (C=O) groups excluding carboxylic acids is 1. The van der Waals surface area contributed by atoms with Crippen LogP contribution in [0.3, 0.4) is 0 Å². The maximum absolute atomic E-state index is 11.4. The Bertz CT molecular complexity index is 185. The Labute approximate surface area is 84.9 Å². The normalized spacial score (nSPS) is 18.7. The van der Waals surface area contributed by atoms with Crippen LogP contribution in [0.15, 0.2) is 0 Å². The van der Waals surface area contributed by atoms with Crippen LogP contribution >= 0.6 is 0 Å². The molecule has 0 heterocycles. The van der Waals surface area contributed by atoms with Gasteiger partial charge in [0.25, 0.3) is 0 Å². The number of aliphatic hydroxyl groups is 1. The molecule has 0 saturated heterocycles. The molecular formula is C10H20N2O2. The molecule has 0 aliphatic heterocycles. The molecule has 0 radical (unpaired) electrons. The second-order valence-corrected chi connectivity index (χ2v) is 4.09. The van der Waals surface area contributed by atoms with Crippen molar-refractivity contribution in [1.82, 2.24) is 5.32 Å². The van der Waals surface area contributed by atoms with Crippen LogP contribution in [-0.4, -0.2) is 29.7 Å². The summed E-state index contributed by atoms with van der Waals surface area (Å²) in [6.07, 6.45) is 5.17. The van der Waals surface area contributed by atoms with Crippen molar-refractivity contribution in [2.45, 2.75) is 44.1 Å². The number of hydrogen-bond donors (Lipinski definition) is 3. The molecule has 0 aromatic rings. The Morgan fingerprint density at radius 2 is 2.14 bits per heavy atom. The summed E-state index contributed by atoms with van der Waals surface area (Å²) in [7, 11) is 0. The van der Waals surface area contributed by atoms with E-state index >= 15 is 0 Å². The van der Waals surface area contributed by atoms with Crippen LogP contribution in [0.25, 0.3) is 0 Å². The van der Waals surface area contributed by atoms with Gasteiger partial charge in [0, 0.05) is 6.42 Å². The predicted molar refractivity (Wildman–Crippen MR) is 54.7 cm³/mol. The van der Waals surface area contributed by atoms with Gasteiger partial charge in [0.15, 0.2) is 0 Å². The molecule has 1 saturated carbocycles. The quantitative estimate of drug-likeness (QED) is 0.534. The van der Waals surface area contributed by atoms with Gasteiger partial charge in [0.1, 0.15) is 0 Å². The number of aliphatic hydroxyl groups excluding tert-OH is 1. The Morgan fingerprint density at radius 1 is 1.43 bits per heavy atom. The SMILES string of the molecule is NCCCCC(=O)NC1(CO)CCC1. The molecule has 1 amide bonds. The fourth-order valence-electron chi connectivity index (χ4n) is 1.71. The van der Waals surface area contributed by atoms with Crippen molar-refractivity contribution in [2.75, 3.05) is 13.2 Å². The van der Waals surface area contributed by atoms with Gasteiger partial charge in [-0.3, -0.25) is 4.79 Å². The van der Waals surface area contributed by atoms with Crippen LogP contribution in [0.2, 0.25) is 0 Å². The molecule has 1 aliphatic rings. The van der Waals surface area contributed by atoms with Crippen molar-refractivity contribution < 1.29 is 9.90 Å². The summed E-state index contributed by atoms with van der Waals surface area (Å²) in [6.45, 7) is 0.702. The number of hydrogen-bond acceptors (Lipinski definition) is 3. The van der Waals surface area contributed by atoms with Crippen LogP contribution in [-0.2, 0) is 4.79 Å². The lowest BCUT2D eigenvalue weighted by atomic mass is 9.77. The van der Waals surface area contributed by atoms with Gasteiger partial charge in [-0.25, -0.2) is 0 Å². The van der Waals surface area contributed by atoms with E-state index in [9.17, 15) is 4.79 Å². The molecule has 82 valence electrons. The van der Waals surface area contributed by atoms with E-state index in [4.69, 9.17) is 10.8 Å². The average molecular weight is 200 g/mol. The molecule has 14 heavy (non-hydrogen) atoms. The first-order valence-electron chi connectivity index (χ1n) is 5.34. The summed E-state index contributed by atoms with van der Waals surface area (Å²) in [5.74, 6) is 0.0483. The molecule has 0 unspecified atom stereocenters. The number of nitrogens with two attached hydrogens (primary N) is 1. The first kappa shape index (κ1) is 11.5. The second-order valence-electron chi connectivity index (χ2n) is 4.09. The van der Waals surface area contributed by atoms with E-state index in [0.29, 0.717) is 13.0 Å². The Kier molecular flexibility index (Phi) is 4.35. The van der Waals surface area contributed by atoms with E-state index in [0.717, 1.165) is 32.1 Å². The molecule has 1 rings (SSSR count). The van der Waals surface area contributed by atoms with Crippen molar-refractivity contribution in [1.29, 1.82) is 0 Å². The van der Waals surface area contributed by atoms with E-state index in [-0.39, 0.29) is 18.1 Å². The zero-order chi connectivity index (χ0) is 10.4. The lowest BCUT2D eigenvalue weighted by Crippen LogP contribution is -2.56. The zero-order valence-corrected chi connectivity index (χ0v) is 8.59. The molecule has 4 heteroatoms. The number of nitrogens with one attached hydrogen (secondary N) is 1. The van der Waals surface area contributed by atoms with Crippen LogP contribution in [0, 0.1) is 0 Å². The van der Waals surface area contributed by atoms with Gasteiger partial charge in [0.2, 0.25) is 5.91 Å². The van der Waals surface area contributed by atoms with Gasteiger partial charge in [-0.2, -0.15) is 0 Å². The van der Waals surface area contributed by atoms with Gasteiger partial charge in [-0.15, -0.1) is 0 Å². The number of unbranched alkanes of at least 4 members (excludes halogenated alkanes) is 1. The predicted octanol–water partition coefficient (Wildman–Crippen LogP) is 0.147. The van der Waals surface area contributed by atoms with E-state index in [2.05, 4.69) is 5.32 Å². The highest BCUT2D eigenvalue weighted by atomic mass is 16.3. The van der Waals surface area contributed by atoms with Gasteiger partial charge < -0.3 is 16.2 Å².